The zero-order chi connectivity index (χ0) is 11.4. The molecule has 1 fully saturated rings. The molecule has 1 saturated heterocycles. The number of halogens is 1. The van der Waals surface area contributed by atoms with E-state index in [9.17, 15) is 0 Å². The second-order valence-electron chi connectivity index (χ2n) is 3.69. The topological polar surface area (TPSA) is 57.9 Å². The lowest BCUT2D eigenvalue weighted by Crippen LogP contribution is -2.28. The van der Waals surface area contributed by atoms with Gasteiger partial charge < -0.3 is 10.1 Å². The standard InChI is InChI=1S/C11H12ClN3O/c12-10-8(6-13)3-5-15-11(10)16-7-9-2-1-4-14-9/h3,5,9,14H,1-2,4,7H2. The van der Waals surface area contributed by atoms with Crippen LogP contribution in [0, 0.1) is 11.3 Å². The van der Waals surface area contributed by atoms with Gasteiger partial charge in [0.1, 0.15) is 17.7 Å². The molecule has 0 aromatic carbocycles. The van der Waals surface area contributed by atoms with Crippen molar-refractivity contribution < 1.29 is 4.74 Å². The first-order chi connectivity index (χ1) is 7.81. The average molecular weight is 238 g/mol. The number of hydrogen-bond donors (Lipinski definition) is 1. The van der Waals surface area contributed by atoms with Crippen molar-refractivity contribution in [3.63, 3.8) is 0 Å². The average Bonchev–Trinajstić information content (AvgIpc) is 2.81. The second-order valence-corrected chi connectivity index (χ2v) is 4.07. The summed E-state index contributed by atoms with van der Waals surface area (Å²) in [6.45, 7) is 1.58. The molecule has 2 heterocycles. The molecule has 1 N–H and O–H groups in total. The van der Waals surface area contributed by atoms with Crippen LogP contribution >= 0.6 is 11.6 Å². The van der Waals surface area contributed by atoms with Crippen molar-refractivity contribution in [2.75, 3.05) is 13.2 Å². The highest BCUT2D eigenvalue weighted by molar-refractivity contribution is 6.32. The quantitative estimate of drug-likeness (QED) is 0.870. The highest BCUT2D eigenvalue weighted by atomic mass is 35.5. The van der Waals surface area contributed by atoms with Crippen LogP contribution in [0.1, 0.15) is 18.4 Å². The molecular weight excluding hydrogens is 226 g/mol. The predicted octanol–water partition coefficient (Wildman–Crippen LogP) is 1.74. The van der Waals surface area contributed by atoms with E-state index in [0.29, 0.717) is 29.1 Å². The summed E-state index contributed by atoms with van der Waals surface area (Å²) in [6, 6.07) is 3.93. The molecule has 0 spiro atoms. The molecule has 0 bridgehead atoms. The van der Waals surface area contributed by atoms with E-state index in [0.717, 1.165) is 13.0 Å². The minimum atomic E-state index is 0.294. The third kappa shape index (κ3) is 2.43. The molecule has 5 heteroatoms. The number of rotatable bonds is 3. The Morgan fingerprint density at radius 2 is 2.56 bits per heavy atom. The zero-order valence-corrected chi connectivity index (χ0v) is 9.50. The van der Waals surface area contributed by atoms with Crippen LogP contribution in [0.3, 0.4) is 0 Å². The first-order valence-electron chi connectivity index (χ1n) is 5.22. The number of pyridine rings is 1. The van der Waals surface area contributed by atoms with Crippen LogP contribution in [0.25, 0.3) is 0 Å². The predicted molar refractivity (Wildman–Crippen MR) is 60.5 cm³/mol. The van der Waals surface area contributed by atoms with Gasteiger partial charge in [-0.05, 0) is 25.5 Å². The fourth-order valence-corrected chi connectivity index (χ4v) is 1.90. The van der Waals surface area contributed by atoms with Crippen molar-refractivity contribution in [3.05, 3.63) is 22.8 Å². The van der Waals surface area contributed by atoms with Crippen molar-refractivity contribution in [1.29, 1.82) is 5.26 Å². The number of ether oxygens (including phenoxy) is 1. The summed E-state index contributed by atoms with van der Waals surface area (Å²) in [4.78, 5) is 4.01. The van der Waals surface area contributed by atoms with Crippen LogP contribution in [0.5, 0.6) is 5.88 Å². The molecule has 16 heavy (non-hydrogen) atoms. The monoisotopic (exact) mass is 237 g/mol. The van der Waals surface area contributed by atoms with Crippen LogP contribution in [-0.2, 0) is 0 Å². The maximum absolute atomic E-state index is 8.79. The van der Waals surface area contributed by atoms with Gasteiger partial charge in [-0.2, -0.15) is 5.26 Å². The van der Waals surface area contributed by atoms with Crippen LogP contribution in [0.2, 0.25) is 5.02 Å². The summed E-state index contributed by atoms with van der Waals surface area (Å²) < 4.78 is 5.51. The van der Waals surface area contributed by atoms with Gasteiger partial charge in [-0.15, -0.1) is 0 Å². The van der Waals surface area contributed by atoms with Gasteiger partial charge in [0.15, 0.2) is 0 Å². The molecule has 0 aliphatic carbocycles. The molecule has 1 unspecified atom stereocenters. The Hall–Kier alpha value is -1.31. The maximum atomic E-state index is 8.79. The SMILES string of the molecule is N#Cc1ccnc(OCC2CCCN2)c1Cl. The molecule has 0 saturated carbocycles. The normalized spacial score (nSPS) is 19.4. The van der Waals surface area contributed by atoms with Crippen LogP contribution in [0.4, 0.5) is 0 Å². The van der Waals surface area contributed by atoms with Crippen LogP contribution in [0.15, 0.2) is 12.3 Å². The summed E-state index contributed by atoms with van der Waals surface area (Å²) in [6.07, 6.45) is 3.81. The molecule has 1 aliphatic rings. The van der Waals surface area contributed by atoms with Crippen LogP contribution < -0.4 is 10.1 Å². The number of nitrogens with zero attached hydrogens (tertiary/aromatic N) is 2. The minimum Gasteiger partial charge on any atom is -0.475 e. The molecule has 1 aliphatic heterocycles. The van der Waals surface area contributed by atoms with Gasteiger partial charge in [-0.25, -0.2) is 4.98 Å². The Morgan fingerprint density at radius 1 is 1.69 bits per heavy atom. The number of hydrogen-bond acceptors (Lipinski definition) is 4. The van der Waals surface area contributed by atoms with E-state index in [1.807, 2.05) is 6.07 Å². The van der Waals surface area contributed by atoms with Crippen molar-refractivity contribution in [1.82, 2.24) is 10.3 Å². The molecule has 0 radical (unpaired) electrons. The number of aromatic nitrogens is 1. The summed E-state index contributed by atoms with van der Waals surface area (Å²) in [7, 11) is 0. The summed E-state index contributed by atoms with van der Waals surface area (Å²) >= 11 is 5.96. The van der Waals surface area contributed by atoms with E-state index >= 15 is 0 Å². The Kier molecular flexibility index (Phi) is 3.60. The summed E-state index contributed by atoms with van der Waals surface area (Å²) in [5, 5.41) is 12.4. The van der Waals surface area contributed by atoms with Gasteiger partial charge in [0.25, 0.3) is 0 Å². The Labute approximate surface area is 99.2 Å². The van der Waals surface area contributed by atoms with E-state index in [1.54, 1.807) is 6.07 Å². The molecule has 1 aromatic rings. The fraction of sp³-hybridized carbons (Fsp3) is 0.455. The molecule has 1 atom stereocenters. The lowest BCUT2D eigenvalue weighted by Gasteiger charge is -2.12. The number of nitrogens with one attached hydrogen (secondary N) is 1. The van der Waals surface area contributed by atoms with Gasteiger partial charge in [-0.3, -0.25) is 0 Å². The van der Waals surface area contributed by atoms with Gasteiger partial charge in [0.2, 0.25) is 5.88 Å². The minimum absolute atomic E-state index is 0.294. The fourth-order valence-electron chi connectivity index (χ4n) is 1.69. The molecule has 84 valence electrons. The molecule has 4 nitrogen and oxygen atoms in total. The highest BCUT2D eigenvalue weighted by Crippen LogP contribution is 2.25. The Bertz CT molecular complexity index is 410. The van der Waals surface area contributed by atoms with Gasteiger partial charge in [-0.1, -0.05) is 11.6 Å². The summed E-state index contributed by atoms with van der Waals surface area (Å²) in [5.74, 6) is 0.342. The number of nitriles is 1. The van der Waals surface area contributed by atoms with Crippen LogP contribution in [-0.4, -0.2) is 24.2 Å². The van der Waals surface area contributed by atoms with Crippen molar-refractivity contribution in [2.45, 2.75) is 18.9 Å². The smallest absolute Gasteiger partial charge is 0.233 e. The first kappa shape index (κ1) is 11.2. The summed E-state index contributed by atoms with van der Waals surface area (Å²) in [5.41, 5.74) is 0.394. The van der Waals surface area contributed by atoms with Crippen molar-refractivity contribution >= 4 is 11.6 Å². The Morgan fingerprint density at radius 3 is 3.25 bits per heavy atom. The lowest BCUT2D eigenvalue weighted by atomic mass is 10.2. The zero-order valence-electron chi connectivity index (χ0n) is 8.74. The first-order valence-corrected chi connectivity index (χ1v) is 5.60. The third-order valence-electron chi connectivity index (χ3n) is 2.56. The molecule has 1 aromatic heterocycles. The van der Waals surface area contributed by atoms with Gasteiger partial charge in [0, 0.05) is 12.2 Å². The molecule has 0 amide bonds. The second kappa shape index (κ2) is 5.15. The van der Waals surface area contributed by atoms with E-state index < -0.39 is 0 Å². The van der Waals surface area contributed by atoms with E-state index in [2.05, 4.69) is 10.3 Å². The van der Waals surface area contributed by atoms with E-state index in [-0.39, 0.29) is 0 Å². The lowest BCUT2D eigenvalue weighted by molar-refractivity contribution is 0.267. The maximum Gasteiger partial charge on any atom is 0.233 e. The van der Waals surface area contributed by atoms with E-state index in [4.69, 9.17) is 21.6 Å². The van der Waals surface area contributed by atoms with Gasteiger partial charge in [0.05, 0.1) is 5.56 Å². The van der Waals surface area contributed by atoms with Crippen molar-refractivity contribution in [2.24, 2.45) is 0 Å². The molecule has 2 rings (SSSR count). The van der Waals surface area contributed by atoms with Gasteiger partial charge >= 0.3 is 0 Å². The molecular formula is C11H12ClN3O. The highest BCUT2D eigenvalue weighted by Gasteiger charge is 2.16. The third-order valence-corrected chi connectivity index (χ3v) is 2.93. The van der Waals surface area contributed by atoms with E-state index in [1.165, 1.54) is 12.6 Å². The van der Waals surface area contributed by atoms with Crippen molar-refractivity contribution in [3.8, 4) is 11.9 Å². The largest absolute Gasteiger partial charge is 0.475 e. The Balaban J connectivity index is 2.01.